The molecule has 4 atom stereocenters. The Morgan fingerprint density at radius 3 is 1.92 bits per heavy atom. The van der Waals surface area contributed by atoms with E-state index >= 15 is 0 Å². The molecule has 0 radical (unpaired) electrons. The molecule has 4 unspecified atom stereocenters. The average Bonchev–Trinajstić information content (AvgIpc) is 3.09. The Balaban J connectivity index is 2.03. The van der Waals surface area contributed by atoms with Crippen molar-refractivity contribution in [3.8, 4) is 41.2 Å². The van der Waals surface area contributed by atoms with E-state index < -0.39 is 34.5 Å². The summed E-state index contributed by atoms with van der Waals surface area (Å²) < 4.78 is 33.9. The number of benzene rings is 2. The van der Waals surface area contributed by atoms with Crippen LogP contribution in [0.3, 0.4) is 0 Å². The summed E-state index contributed by atoms with van der Waals surface area (Å²) in [6, 6.07) is 16.1. The van der Waals surface area contributed by atoms with Gasteiger partial charge in [0, 0.05) is 18.6 Å². The zero-order valence-corrected chi connectivity index (χ0v) is 20.4. The normalized spacial score (nSPS) is 27.6. The quantitative estimate of drug-likeness (QED) is 0.639. The predicted molar refractivity (Wildman–Crippen MR) is 125 cm³/mol. The number of ether oxygens (including phenoxy) is 6. The van der Waals surface area contributed by atoms with Gasteiger partial charge in [0.15, 0.2) is 16.9 Å². The fourth-order valence-electron chi connectivity index (χ4n) is 5.32. The number of hydrogen-bond donors (Lipinski definition) is 1. The minimum atomic E-state index is -2.20. The van der Waals surface area contributed by atoms with Crippen molar-refractivity contribution in [2.75, 3.05) is 28.4 Å². The molecule has 0 aliphatic carbocycles. The average molecular weight is 489 g/mol. The number of nitrogens with one attached hydrogen (secondary N) is 1. The van der Waals surface area contributed by atoms with Gasteiger partial charge in [-0.3, -0.25) is 5.41 Å². The molecule has 0 saturated carbocycles. The van der Waals surface area contributed by atoms with Gasteiger partial charge < -0.3 is 28.4 Å². The second kappa shape index (κ2) is 8.64. The van der Waals surface area contributed by atoms with Gasteiger partial charge in [0.2, 0.25) is 17.1 Å². The molecule has 2 aromatic carbocycles. The summed E-state index contributed by atoms with van der Waals surface area (Å²) in [4.78, 5) is 0. The van der Waals surface area contributed by atoms with Crippen molar-refractivity contribution in [3.63, 3.8) is 0 Å². The van der Waals surface area contributed by atoms with Crippen molar-refractivity contribution in [2.24, 2.45) is 10.8 Å². The van der Waals surface area contributed by atoms with Gasteiger partial charge in [0.05, 0.1) is 52.6 Å². The fourth-order valence-corrected chi connectivity index (χ4v) is 5.32. The van der Waals surface area contributed by atoms with E-state index in [1.165, 1.54) is 34.5 Å². The number of rotatable bonds is 6. The number of hydrogen-bond acceptors (Lipinski definition) is 10. The van der Waals surface area contributed by atoms with E-state index in [4.69, 9.17) is 33.8 Å². The lowest BCUT2D eigenvalue weighted by atomic mass is 9.52. The van der Waals surface area contributed by atoms with Crippen LogP contribution in [0.5, 0.6) is 23.0 Å². The van der Waals surface area contributed by atoms with Gasteiger partial charge in [0.1, 0.15) is 17.6 Å². The van der Waals surface area contributed by atoms with E-state index in [-0.39, 0.29) is 11.3 Å². The maximum absolute atomic E-state index is 10.6. The second-order valence-corrected chi connectivity index (χ2v) is 8.55. The molecule has 2 saturated heterocycles. The van der Waals surface area contributed by atoms with Crippen molar-refractivity contribution < 1.29 is 28.4 Å². The molecule has 2 fully saturated rings. The molecule has 1 N–H and O–H groups in total. The van der Waals surface area contributed by atoms with Crippen molar-refractivity contribution in [3.05, 3.63) is 47.5 Å². The lowest BCUT2D eigenvalue weighted by Gasteiger charge is -2.49. The third-order valence-electron chi connectivity index (χ3n) is 6.98. The van der Waals surface area contributed by atoms with Gasteiger partial charge in [-0.15, -0.1) is 0 Å². The first kappa shape index (κ1) is 24.7. The lowest BCUT2D eigenvalue weighted by Crippen LogP contribution is -2.57. The van der Waals surface area contributed by atoms with Crippen LogP contribution >= 0.6 is 0 Å². The third-order valence-corrected chi connectivity index (χ3v) is 6.98. The van der Waals surface area contributed by atoms with E-state index in [1.807, 2.05) is 12.1 Å². The zero-order valence-electron chi connectivity index (χ0n) is 20.4. The van der Waals surface area contributed by atoms with Crippen LogP contribution in [0.2, 0.25) is 0 Å². The molecule has 2 aliphatic heterocycles. The molecular weight excluding hydrogens is 464 g/mol. The Morgan fingerprint density at radius 1 is 0.833 bits per heavy atom. The van der Waals surface area contributed by atoms with Crippen LogP contribution in [0.25, 0.3) is 0 Å². The Hall–Kier alpha value is -4.46. The molecule has 2 bridgehead atoms. The summed E-state index contributed by atoms with van der Waals surface area (Å²) in [5, 5.41) is 40.5. The van der Waals surface area contributed by atoms with Gasteiger partial charge in [-0.2, -0.15) is 15.8 Å². The minimum absolute atomic E-state index is 0.248. The fraction of sp³-hybridized carbons (Fsp3) is 0.385. The molecule has 184 valence electrons. The van der Waals surface area contributed by atoms with Crippen LogP contribution < -0.4 is 18.9 Å². The van der Waals surface area contributed by atoms with Crippen LogP contribution in [-0.4, -0.2) is 40.1 Å². The molecule has 0 aromatic heterocycles. The molecule has 10 heteroatoms. The molecule has 0 spiro atoms. The molecule has 2 aromatic rings. The Morgan fingerprint density at radius 2 is 1.42 bits per heavy atom. The van der Waals surface area contributed by atoms with Gasteiger partial charge in [-0.1, -0.05) is 12.1 Å². The van der Waals surface area contributed by atoms with Crippen LogP contribution in [0, 0.1) is 50.2 Å². The second-order valence-electron chi connectivity index (χ2n) is 8.55. The molecular formula is C26H24N4O6. The SMILES string of the molecule is COc1ccc(C2C3(C)OC(=N)C2(C#N)C(C#N)(C#N)C(c2cc(OC)c(OC)cc2OC)O3)cc1. The van der Waals surface area contributed by atoms with Gasteiger partial charge in [-0.05, 0) is 23.8 Å². The highest BCUT2D eigenvalue weighted by Crippen LogP contribution is 2.70. The number of nitrogens with zero attached hydrogens (tertiary/aromatic N) is 3. The van der Waals surface area contributed by atoms with Crippen molar-refractivity contribution in [1.29, 1.82) is 21.2 Å². The van der Waals surface area contributed by atoms with Crippen molar-refractivity contribution in [2.45, 2.75) is 24.7 Å². The van der Waals surface area contributed by atoms with Crippen LogP contribution in [0.15, 0.2) is 36.4 Å². The smallest absolute Gasteiger partial charge is 0.218 e. The maximum Gasteiger partial charge on any atom is 0.218 e. The molecule has 10 nitrogen and oxygen atoms in total. The summed E-state index contributed by atoms with van der Waals surface area (Å²) >= 11 is 0. The highest BCUT2D eigenvalue weighted by molar-refractivity contribution is 5.90. The number of nitriles is 3. The maximum atomic E-state index is 10.6. The first-order valence-electron chi connectivity index (χ1n) is 10.9. The number of fused-ring (bicyclic) bond motifs is 2. The summed E-state index contributed by atoms with van der Waals surface area (Å²) in [6.45, 7) is 1.59. The van der Waals surface area contributed by atoms with Gasteiger partial charge in [-0.25, -0.2) is 0 Å². The summed E-state index contributed by atoms with van der Waals surface area (Å²) in [6.07, 6.45) is -1.34. The molecule has 2 heterocycles. The third kappa shape index (κ3) is 3.00. The Labute approximate surface area is 208 Å². The minimum Gasteiger partial charge on any atom is -0.497 e. The largest absolute Gasteiger partial charge is 0.497 e. The number of methoxy groups -OCH3 is 4. The van der Waals surface area contributed by atoms with Crippen LogP contribution in [0.4, 0.5) is 0 Å². The van der Waals surface area contributed by atoms with Crippen molar-refractivity contribution >= 4 is 5.90 Å². The van der Waals surface area contributed by atoms with E-state index in [0.717, 1.165) is 0 Å². The van der Waals surface area contributed by atoms with E-state index in [0.29, 0.717) is 22.8 Å². The van der Waals surface area contributed by atoms with Crippen LogP contribution in [-0.2, 0) is 9.47 Å². The molecule has 36 heavy (non-hydrogen) atoms. The first-order chi connectivity index (χ1) is 17.2. The summed E-state index contributed by atoms with van der Waals surface area (Å²) in [5.74, 6) is -1.57. The van der Waals surface area contributed by atoms with E-state index in [2.05, 4.69) is 6.07 Å². The van der Waals surface area contributed by atoms with E-state index in [1.54, 1.807) is 37.3 Å². The topological polar surface area (TPSA) is 151 Å². The zero-order chi connectivity index (χ0) is 26.3. The van der Waals surface area contributed by atoms with Gasteiger partial charge in [0.25, 0.3) is 0 Å². The van der Waals surface area contributed by atoms with Crippen molar-refractivity contribution in [1.82, 2.24) is 0 Å². The Kier molecular flexibility index (Phi) is 5.92. The predicted octanol–water partition coefficient (Wildman–Crippen LogP) is 3.84. The van der Waals surface area contributed by atoms with E-state index in [9.17, 15) is 15.8 Å². The summed E-state index contributed by atoms with van der Waals surface area (Å²) in [5.41, 5.74) is -3.39. The molecule has 4 rings (SSSR count). The first-order valence-corrected chi connectivity index (χ1v) is 10.9. The standard InChI is InChI=1S/C26H24N4O6/c1-24-21(15-6-8-16(31-2)9-7-15)26(14-29,23(30)36-24)25(12-27,13-28)22(35-24)17-10-19(33-4)20(34-5)11-18(17)32-3/h6-11,21-22,30H,1-5H3. The monoisotopic (exact) mass is 488 g/mol. The Bertz CT molecular complexity index is 1320. The molecule has 0 amide bonds. The van der Waals surface area contributed by atoms with Crippen LogP contribution in [0.1, 0.15) is 30.1 Å². The lowest BCUT2D eigenvalue weighted by molar-refractivity contribution is -0.253. The van der Waals surface area contributed by atoms with Gasteiger partial charge >= 0.3 is 0 Å². The molecule has 2 aliphatic rings. The summed E-state index contributed by atoms with van der Waals surface area (Å²) in [7, 11) is 5.85. The highest BCUT2D eigenvalue weighted by Gasteiger charge is 2.80. The highest BCUT2D eigenvalue weighted by atomic mass is 16.7.